The summed E-state index contributed by atoms with van der Waals surface area (Å²) in [6.07, 6.45) is 2.07. The van der Waals surface area contributed by atoms with Gasteiger partial charge in [0.1, 0.15) is 0 Å². The Hall–Kier alpha value is -1.12. The molecule has 0 heterocycles. The fourth-order valence-electron chi connectivity index (χ4n) is 0.573. The molecule has 0 aromatic heterocycles. The van der Waals surface area contributed by atoms with Gasteiger partial charge in [0.2, 0.25) is 0 Å². The maximum Gasteiger partial charge on any atom is 0.194 e. The molecule has 11 heavy (non-hydrogen) atoms. The second-order valence-electron chi connectivity index (χ2n) is 2.30. The minimum absolute atomic E-state index is 0.208. The predicted octanol–water partition coefficient (Wildman–Crippen LogP) is 1.39. The van der Waals surface area contributed by atoms with Crippen LogP contribution in [-0.4, -0.2) is 16.7 Å². The van der Waals surface area contributed by atoms with E-state index in [0.717, 1.165) is 12.5 Å². The van der Waals surface area contributed by atoms with Crippen LogP contribution in [0.5, 0.6) is 0 Å². The zero-order chi connectivity index (χ0) is 8.85. The van der Waals surface area contributed by atoms with Crippen LogP contribution in [0.25, 0.3) is 0 Å². The largest absolute Gasteiger partial charge is 0.504 e. The lowest BCUT2D eigenvalue weighted by Crippen LogP contribution is -2.00. The number of rotatable bonds is 4. The highest BCUT2D eigenvalue weighted by atomic mass is 16.3. The van der Waals surface area contributed by atoms with E-state index >= 15 is 0 Å². The molecule has 62 valence electrons. The van der Waals surface area contributed by atoms with Crippen molar-refractivity contribution in [2.45, 2.75) is 26.7 Å². The van der Waals surface area contributed by atoms with Crippen molar-refractivity contribution in [1.29, 1.82) is 0 Å². The van der Waals surface area contributed by atoms with E-state index in [1.165, 1.54) is 6.92 Å². The van der Waals surface area contributed by atoms with E-state index in [9.17, 15) is 9.59 Å². The monoisotopic (exact) mass is 156 g/mol. The maximum absolute atomic E-state index is 10.8. The molecule has 0 saturated carbocycles. The SMILES string of the molecule is CCCC(=O)/C=C(\O)C(C)=O. The molecule has 1 N–H and O–H groups in total. The summed E-state index contributed by atoms with van der Waals surface area (Å²) in [4.78, 5) is 21.2. The van der Waals surface area contributed by atoms with Crippen LogP contribution in [0.2, 0.25) is 0 Å². The van der Waals surface area contributed by atoms with Gasteiger partial charge in [0.05, 0.1) is 0 Å². The standard InChI is InChI=1S/C8H12O3/c1-3-4-7(10)5-8(11)6(2)9/h5,11H,3-4H2,1-2H3/b8-5-. The average Bonchev–Trinajstić information content (AvgIpc) is 1.87. The molecule has 0 aromatic carbocycles. The normalized spacial score (nSPS) is 11.3. The maximum atomic E-state index is 10.8. The van der Waals surface area contributed by atoms with Gasteiger partial charge in [-0.2, -0.15) is 0 Å². The molecule has 0 atom stereocenters. The molecular formula is C8H12O3. The van der Waals surface area contributed by atoms with E-state index in [2.05, 4.69) is 0 Å². The van der Waals surface area contributed by atoms with Crippen molar-refractivity contribution >= 4 is 11.6 Å². The highest BCUT2D eigenvalue weighted by molar-refractivity contribution is 5.99. The molecular weight excluding hydrogens is 144 g/mol. The number of carbonyl (C=O) groups excluding carboxylic acids is 2. The minimum atomic E-state index is -0.477. The topological polar surface area (TPSA) is 54.4 Å². The van der Waals surface area contributed by atoms with Crippen LogP contribution >= 0.6 is 0 Å². The van der Waals surface area contributed by atoms with Crippen molar-refractivity contribution in [2.24, 2.45) is 0 Å². The third-order valence-corrected chi connectivity index (χ3v) is 1.15. The second kappa shape index (κ2) is 4.66. The second-order valence-corrected chi connectivity index (χ2v) is 2.30. The van der Waals surface area contributed by atoms with Crippen LogP contribution in [0.3, 0.4) is 0 Å². The number of allylic oxidation sites excluding steroid dienone is 2. The van der Waals surface area contributed by atoms with Crippen LogP contribution in [0, 0.1) is 0 Å². The zero-order valence-corrected chi connectivity index (χ0v) is 6.76. The van der Waals surface area contributed by atoms with E-state index in [1.807, 2.05) is 6.92 Å². The quantitative estimate of drug-likeness (QED) is 0.494. The van der Waals surface area contributed by atoms with Crippen LogP contribution in [0.1, 0.15) is 26.7 Å². The highest BCUT2D eigenvalue weighted by Gasteiger charge is 2.02. The minimum Gasteiger partial charge on any atom is -0.504 e. The number of Topliss-reactive ketones (excluding diaryl/α,β-unsaturated/α-hetero) is 1. The van der Waals surface area contributed by atoms with Gasteiger partial charge in [0.15, 0.2) is 17.3 Å². The van der Waals surface area contributed by atoms with Crippen LogP contribution in [0.4, 0.5) is 0 Å². The first-order valence-electron chi connectivity index (χ1n) is 3.52. The summed E-state index contributed by atoms with van der Waals surface area (Å²) in [5.41, 5.74) is 0. The molecule has 0 saturated heterocycles. The summed E-state index contributed by atoms with van der Waals surface area (Å²) in [7, 11) is 0. The molecule has 0 amide bonds. The molecule has 3 heteroatoms. The summed E-state index contributed by atoms with van der Waals surface area (Å²) < 4.78 is 0. The van der Waals surface area contributed by atoms with Crippen molar-refractivity contribution in [1.82, 2.24) is 0 Å². The van der Waals surface area contributed by atoms with Gasteiger partial charge < -0.3 is 5.11 Å². The Balaban J connectivity index is 4.08. The Morgan fingerprint density at radius 1 is 1.45 bits per heavy atom. The van der Waals surface area contributed by atoms with E-state index in [0.29, 0.717) is 6.42 Å². The Labute approximate surface area is 65.7 Å². The van der Waals surface area contributed by atoms with E-state index < -0.39 is 11.5 Å². The summed E-state index contributed by atoms with van der Waals surface area (Å²) >= 11 is 0. The Morgan fingerprint density at radius 3 is 2.36 bits per heavy atom. The lowest BCUT2D eigenvalue weighted by molar-refractivity contribution is -0.118. The van der Waals surface area contributed by atoms with Crippen molar-refractivity contribution in [3.63, 3.8) is 0 Å². The van der Waals surface area contributed by atoms with Crippen molar-refractivity contribution in [3.05, 3.63) is 11.8 Å². The number of aliphatic hydroxyl groups excluding tert-OH is 1. The molecule has 0 aliphatic heterocycles. The Bertz CT molecular complexity index is 192. The van der Waals surface area contributed by atoms with Gasteiger partial charge >= 0.3 is 0 Å². The van der Waals surface area contributed by atoms with Gasteiger partial charge in [-0.25, -0.2) is 0 Å². The molecule has 0 fully saturated rings. The average molecular weight is 156 g/mol. The third-order valence-electron chi connectivity index (χ3n) is 1.15. The molecule has 3 nitrogen and oxygen atoms in total. The van der Waals surface area contributed by atoms with Gasteiger partial charge in [-0.3, -0.25) is 9.59 Å². The molecule has 0 bridgehead atoms. The molecule has 0 spiro atoms. The fourth-order valence-corrected chi connectivity index (χ4v) is 0.573. The van der Waals surface area contributed by atoms with Crippen molar-refractivity contribution in [2.75, 3.05) is 0 Å². The summed E-state index contributed by atoms with van der Waals surface area (Å²) in [5.74, 6) is -1.14. The summed E-state index contributed by atoms with van der Waals surface area (Å²) in [6, 6.07) is 0. The molecule has 0 radical (unpaired) electrons. The van der Waals surface area contributed by atoms with Crippen molar-refractivity contribution < 1.29 is 14.7 Å². The van der Waals surface area contributed by atoms with E-state index in [-0.39, 0.29) is 5.78 Å². The highest BCUT2D eigenvalue weighted by Crippen LogP contribution is 1.95. The zero-order valence-electron chi connectivity index (χ0n) is 6.76. The predicted molar refractivity (Wildman–Crippen MR) is 41.3 cm³/mol. The first-order valence-corrected chi connectivity index (χ1v) is 3.52. The van der Waals surface area contributed by atoms with Gasteiger partial charge in [0, 0.05) is 19.4 Å². The van der Waals surface area contributed by atoms with E-state index in [4.69, 9.17) is 5.11 Å². The van der Waals surface area contributed by atoms with E-state index in [1.54, 1.807) is 0 Å². The molecule has 0 aliphatic rings. The molecule has 0 unspecified atom stereocenters. The number of aliphatic hydroxyl groups is 1. The smallest absolute Gasteiger partial charge is 0.194 e. The first kappa shape index (κ1) is 9.88. The summed E-state index contributed by atoms with van der Waals surface area (Å²) in [5, 5.41) is 8.81. The first-order chi connectivity index (χ1) is 5.07. The number of hydrogen-bond donors (Lipinski definition) is 1. The molecule has 0 aromatic rings. The van der Waals surface area contributed by atoms with Gasteiger partial charge in [-0.1, -0.05) is 6.92 Å². The van der Waals surface area contributed by atoms with Gasteiger partial charge in [-0.05, 0) is 6.42 Å². The lowest BCUT2D eigenvalue weighted by atomic mass is 10.2. The Kier molecular flexibility index (Phi) is 4.18. The van der Waals surface area contributed by atoms with Crippen LogP contribution in [0.15, 0.2) is 11.8 Å². The number of carbonyl (C=O) groups is 2. The van der Waals surface area contributed by atoms with Gasteiger partial charge in [-0.15, -0.1) is 0 Å². The summed E-state index contributed by atoms with van der Waals surface area (Å²) in [6.45, 7) is 3.07. The Morgan fingerprint density at radius 2 is 2.00 bits per heavy atom. The number of hydrogen-bond acceptors (Lipinski definition) is 3. The van der Waals surface area contributed by atoms with Crippen LogP contribution < -0.4 is 0 Å². The number of ketones is 2. The molecule has 0 aliphatic carbocycles. The van der Waals surface area contributed by atoms with Crippen molar-refractivity contribution in [3.8, 4) is 0 Å². The van der Waals surface area contributed by atoms with Crippen LogP contribution in [-0.2, 0) is 9.59 Å². The lowest BCUT2D eigenvalue weighted by Gasteiger charge is -1.92. The van der Waals surface area contributed by atoms with Gasteiger partial charge in [0.25, 0.3) is 0 Å². The molecule has 0 rings (SSSR count). The third kappa shape index (κ3) is 4.31. The fraction of sp³-hybridized carbons (Fsp3) is 0.500.